The Morgan fingerprint density at radius 3 is 2.40 bits per heavy atom. The molecule has 1 aromatic heterocycles. The highest BCUT2D eigenvalue weighted by atomic mass is 32.2. The van der Waals surface area contributed by atoms with E-state index in [1.54, 1.807) is 25.1 Å². The van der Waals surface area contributed by atoms with Gasteiger partial charge in [0.05, 0.1) is 9.82 Å². The molecule has 104 valence electrons. The molecular weight excluding hydrogens is 282 g/mol. The van der Waals surface area contributed by atoms with Crippen LogP contribution in [-0.4, -0.2) is 18.3 Å². The number of nitrogens with one attached hydrogen (secondary N) is 1. The van der Waals surface area contributed by atoms with Crippen molar-refractivity contribution in [2.75, 3.05) is 4.72 Å². The number of rotatable bonds is 4. The fraction of sp³-hybridized carbons (Fsp3) is 0.0833. The second-order valence-corrected chi connectivity index (χ2v) is 5.68. The third kappa shape index (κ3) is 2.91. The van der Waals surface area contributed by atoms with Gasteiger partial charge in [-0.15, -0.1) is 0 Å². The molecule has 0 spiro atoms. The van der Waals surface area contributed by atoms with Crippen molar-refractivity contribution in [2.45, 2.75) is 11.8 Å². The van der Waals surface area contributed by atoms with Crippen LogP contribution in [0.15, 0.2) is 47.4 Å². The highest BCUT2D eigenvalue weighted by Gasteiger charge is 2.22. The fourth-order valence-corrected chi connectivity index (χ4v) is 2.60. The van der Waals surface area contributed by atoms with E-state index in [1.165, 1.54) is 24.3 Å². The lowest BCUT2D eigenvalue weighted by atomic mass is 10.3. The quantitative estimate of drug-likeness (QED) is 0.687. The average Bonchev–Trinajstić information content (AvgIpc) is 2.39. The monoisotopic (exact) mass is 293 g/mol. The van der Waals surface area contributed by atoms with Crippen LogP contribution < -0.4 is 4.72 Å². The molecule has 7 nitrogen and oxygen atoms in total. The van der Waals surface area contributed by atoms with Gasteiger partial charge in [0.2, 0.25) is 5.82 Å². The minimum absolute atomic E-state index is 0.0117. The van der Waals surface area contributed by atoms with Gasteiger partial charge in [-0.2, -0.15) is 0 Å². The molecule has 1 heterocycles. The SMILES string of the molecule is Cc1ccc([N+](=O)[O-])c(NS(=O)(=O)c2ccccc2)n1. The third-order valence-corrected chi connectivity index (χ3v) is 3.85. The van der Waals surface area contributed by atoms with E-state index in [-0.39, 0.29) is 10.7 Å². The third-order valence-electron chi connectivity index (χ3n) is 2.49. The molecule has 0 aliphatic heterocycles. The minimum atomic E-state index is -3.90. The summed E-state index contributed by atoms with van der Waals surface area (Å²) in [7, 11) is -3.90. The van der Waals surface area contributed by atoms with Gasteiger partial charge >= 0.3 is 5.69 Å². The first-order valence-electron chi connectivity index (χ1n) is 5.60. The van der Waals surface area contributed by atoms with Crippen LogP contribution >= 0.6 is 0 Å². The molecule has 0 bridgehead atoms. The Kier molecular flexibility index (Phi) is 3.66. The van der Waals surface area contributed by atoms with Gasteiger partial charge in [-0.3, -0.25) is 14.8 Å². The molecule has 20 heavy (non-hydrogen) atoms. The zero-order valence-corrected chi connectivity index (χ0v) is 11.3. The molecule has 0 fully saturated rings. The van der Waals surface area contributed by atoms with Crippen LogP contribution in [-0.2, 0) is 10.0 Å². The van der Waals surface area contributed by atoms with Crippen LogP contribution in [0.3, 0.4) is 0 Å². The summed E-state index contributed by atoms with van der Waals surface area (Å²) < 4.78 is 26.4. The second-order valence-electron chi connectivity index (χ2n) is 4.00. The van der Waals surface area contributed by atoms with E-state index in [1.807, 2.05) is 0 Å². The summed E-state index contributed by atoms with van der Waals surface area (Å²) in [6.45, 7) is 1.62. The Labute approximate surface area is 115 Å². The van der Waals surface area contributed by atoms with Gasteiger partial charge in [0.1, 0.15) is 0 Å². The van der Waals surface area contributed by atoms with Crippen molar-refractivity contribution in [1.82, 2.24) is 4.98 Å². The highest BCUT2D eigenvalue weighted by molar-refractivity contribution is 7.92. The Hall–Kier alpha value is -2.48. The van der Waals surface area contributed by atoms with Gasteiger partial charge in [-0.25, -0.2) is 13.4 Å². The van der Waals surface area contributed by atoms with Gasteiger partial charge in [0.25, 0.3) is 10.0 Å². The molecule has 0 saturated carbocycles. The number of nitro groups is 1. The number of pyridine rings is 1. The molecule has 0 aliphatic carbocycles. The number of hydrogen-bond donors (Lipinski definition) is 1. The van der Waals surface area contributed by atoms with Gasteiger partial charge < -0.3 is 0 Å². The topological polar surface area (TPSA) is 102 Å². The largest absolute Gasteiger partial charge is 0.312 e. The maximum absolute atomic E-state index is 12.1. The van der Waals surface area contributed by atoms with Crippen molar-refractivity contribution in [3.8, 4) is 0 Å². The van der Waals surface area contributed by atoms with Crippen LogP contribution in [0.5, 0.6) is 0 Å². The highest BCUT2D eigenvalue weighted by Crippen LogP contribution is 2.24. The normalized spacial score (nSPS) is 11.1. The predicted molar refractivity (Wildman–Crippen MR) is 72.9 cm³/mol. The summed E-state index contributed by atoms with van der Waals surface area (Å²) in [6, 6.07) is 10.2. The molecule has 2 rings (SSSR count). The van der Waals surface area contributed by atoms with Crippen LogP contribution in [0.1, 0.15) is 5.69 Å². The smallest absolute Gasteiger partial charge is 0.258 e. The van der Waals surface area contributed by atoms with E-state index in [0.717, 1.165) is 0 Å². The van der Waals surface area contributed by atoms with Crippen molar-refractivity contribution in [2.24, 2.45) is 0 Å². The van der Waals surface area contributed by atoms with Gasteiger partial charge in [-0.05, 0) is 25.1 Å². The predicted octanol–water partition coefficient (Wildman–Crippen LogP) is 2.10. The number of aromatic nitrogens is 1. The van der Waals surface area contributed by atoms with Crippen molar-refractivity contribution < 1.29 is 13.3 Å². The lowest BCUT2D eigenvalue weighted by molar-refractivity contribution is -0.384. The molecule has 2 aromatic rings. The van der Waals surface area contributed by atoms with Crippen LogP contribution in [0, 0.1) is 17.0 Å². The molecule has 1 aromatic carbocycles. The molecule has 0 radical (unpaired) electrons. The number of anilines is 1. The van der Waals surface area contributed by atoms with Gasteiger partial charge in [0, 0.05) is 11.8 Å². The minimum Gasteiger partial charge on any atom is -0.258 e. The molecule has 0 saturated heterocycles. The first-order valence-corrected chi connectivity index (χ1v) is 7.08. The van der Waals surface area contributed by atoms with Crippen molar-refractivity contribution in [1.29, 1.82) is 0 Å². The standard InChI is InChI=1S/C12H11N3O4S/c1-9-7-8-11(15(16)17)12(13-9)14-20(18,19)10-5-3-2-4-6-10/h2-8H,1H3,(H,13,14). The summed E-state index contributed by atoms with van der Waals surface area (Å²) >= 11 is 0. The molecule has 0 aliphatic rings. The number of benzene rings is 1. The Morgan fingerprint density at radius 1 is 1.15 bits per heavy atom. The van der Waals surface area contributed by atoms with E-state index < -0.39 is 20.6 Å². The van der Waals surface area contributed by atoms with Crippen molar-refractivity contribution in [3.05, 3.63) is 58.3 Å². The maximum Gasteiger partial charge on any atom is 0.312 e. The number of sulfonamides is 1. The lowest BCUT2D eigenvalue weighted by Gasteiger charge is -2.08. The summed E-state index contributed by atoms with van der Waals surface area (Å²) in [5.74, 6) is -0.293. The number of hydrogen-bond acceptors (Lipinski definition) is 5. The van der Waals surface area contributed by atoms with Crippen molar-refractivity contribution in [3.63, 3.8) is 0 Å². The van der Waals surface area contributed by atoms with E-state index >= 15 is 0 Å². The summed E-state index contributed by atoms with van der Waals surface area (Å²) in [6.07, 6.45) is 0. The molecule has 8 heteroatoms. The zero-order chi connectivity index (χ0) is 14.8. The van der Waals surface area contributed by atoms with E-state index in [0.29, 0.717) is 5.69 Å². The first kappa shape index (κ1) is 13.9. The summed E-state index contributed by atoms with van der Waals surface area (Å²) in [5, 5.41) is 10.9. The van der Waals surface area contributed by atoms with Crippen LogP contribution in [0.4, 0.5) is 11.5 Å². The first-order chi connectivity index (χ1) is 9.40. The lowest BCUT2D eigenvalue weighted by Crippen LogP contribution is -2.15. The number of nitrogens with zero attached hydrogens (tertiary/aromatic N) is 2. The molecule has 0 unspecified atom stereocenters. The second kappa shape index (κ2) is 5.25. The van der Waals surface area contributed by atoms with E-state index in [4.69, 9.17) is 0 Å². The zero-order valence-electron chi connectivity index (χ0n) is 10.5. The maximum atomic E-state index is 12.1. The fourth-order valence-electron chi connectivity index (χ4n) is 1.56. The van der Waals surface area contributed by atoms with Gasteiger partial charge in [-0.1, -0.05) is 18.2 Å². The molecular formula is C12H11N3O4S. The average molecular weight is 293 g/mol. The molecule has 0 amide bonds. The Balaban J connectivity index is 2.44. The summed E-state index contributed by atoms with van der Waals surface area (Å²) in [5.41, 5.74) is 0.0801. The summed E-state index contributed by atoms with van der Waals surface area (Å²) in [4.78, 5) is 14.1. The molecule has 0 atom stereocenters. The van der Waals surface area contributed by atoms with Gasteiger partial charge in [0.15, 0.2) is 0 Å². The Morgan fingerprint density at radius 2 is 1.80 bits per heavy atom. The van der Waals surface area contributed by atoms with E-state index in [9.17, 15) is 18.5 Å². The number of aryl methyl sites for hydroxylation is 1. The van der Waals surface area contributed by atoms with Crippen LogP contribution in [0.25, 0.3) is 0 Å². The van der Waals surface area contributed by atoms with Crippen molar-refractivity contribution >= 4 is 21.5 Å². The van der Waals surface area contributed by atoms with Crippen LogP contribution in [0.2, 0.25) is 0 Å². The molecule has 1 N–H and O–H groups in total. The Bertz CT molecular complexity index is 745. The van der Waals surface area contributed by atoms with E-state index in [2.05, 4.69) is 9.71 Å².